The van der Waals surface area contributed by atoms with Gasteiger partial charge in [-0.05, 0) is 54.2 Å². The summed E-state index contributed by atoms with van der Waals surface area (Å²) in [7, 11) is 0. The second-order valence-corrected chi connectivity index (χ2v) is 7.52. The maximum Gasteiger partial charge on any atom is 0.196 e. The summed E-state index contributed by atoms with van der Waals surface area (Å²) in [4.78, 5) is 13.2. The van der Waals surface area contributed by atoms with Gasteiger partial charge >= 0.3 is 0 Å². The predicted octanol–water partition coefficient (Wildman–Crippen LogP) is 5.88. The smallest absolute Gasteiger partial charge is 0.196 e. The molecule has 0 fully saturated rings. The Morgan fingerprint density at radius 3 is 2.40 bits per heavy atom. The molecule has 4 aromatic rings. The van der Waals surface area contributed by atoms with Crippen LogP contribution >= 0.6 is 11.3 Å². The first-order valence-corrected chi connectivity index (χ1v) is 9.51. The molecule has 2 heteroatoms. The summed E-state index contributed by atoms with van der Waals surface area (Å²) in [6.45, 7) is 4.27. The highest BCUT2D eigenvalue weighted by Gasteiger charge is 2.14. The van der Waals surface area contributed by atoms with Gasteiger partial charge in [0.1, 0.15) is 0 Å². The summed E-state index contributed by atoms with van der Waals surface area (Å²) in [5.41, 5.74) is 5.12. The van der Waals surface area contributed by atoms with Gasteiger partial charge in [-0.2, -0.15) is 0 Å². The van der Waals surface area contributed by atoms with E-state index in [1.165, 1.54) is 16.7 Å². The largest absolute Gasteiger partial charge is 0.288 e. The van der Waals surface area contributed by atoms with Crippen molar-refractivity contribution in [3.05, 3.63) is 93.1 Å². The van der Waals surface area contributed by atoms with Crippen molar-refractivity contribution in [3.63, 3.8) is 0 Å². The predicted molar refractivity (Wildman–Crippen MR) is 109 cm³/mol. The highest BCUT2D eigenvalue weighted by molar-refractivity contribution is 7.24. The fourth-order valence-electron chi connectivity index (χ4n) is 3.52. The van der Waals surface area contributed by atoms with E-state index in [1.807, 2.05) is 30.3 Å². The van der Waals surface area contributed by atoms with Crippen LogP contribution in [0.3, 0.4) is 0 Å². The molecule has 124 valence electrons. The molecule has 4 rings (SSSR count). The van der Waals surface area contributed by atoms with E-state index >= 15 is 0 Å². The molecular weight excluding hydrogens is 324 g/mol. The first-order valence-electron chi connectivity index (χ1n) is 8.70. The quantitative estimate of drug-likeness (QED) is 0.424. The molecular formula is C23H20OS. The van der Waals surface area contributed by atoms with Crippen molar-refractivity contribution < 1.29 is 0 Å². The van der Waals surface area contributed by atoms with E-state index in [-0.39, 0.29) is 5.43 Å². The molecule has 0 saturated carbocycles. The van der Waals surface area contributed by atoms with Gasteiger partial charge in [-0.1, -0.05) is 55.5 Å². The molecule has 0 radical (unpaired) electrons. The summed E-state index contributed by atoms with van der Waals surface area (Å²) in [5, 5.41) is 1.75. The van der Waals surface area contributed by atoms with E-state index in [9.17, 15) is 4.79 Å². The molecule has 1 aromatic heterocycles. The lowest BCUT2D eigenvalue weighted by atomic mass is 9.94. The molecule has 1 nitrogen and oxygen atoms in total. The van der Waals surface area contributed by atoms with Gasteiger partial charge in [0.25, 0.3) is 0 Å². The van der Waals surface area contributed by atoms with E-state index in [2.05, 4.69) is 44.2 Å². The number of aryl methyl sites for hydroxylation is 2. The van der Waals surface area contributed by atoms with Crippen molar-refractivity contribution in [1.82, 2.24) is 0 Å². The van der Waals surface area contributed by atoms with E-state index in [0.717, 1.165) is 38.6 Å². The van der Waals surface area contributed by atoms with Gasteiger partial charge in [0.05, 0.1) is 0 Å². The van der Waals surface area contributed by atoms with Crippen LogP contribution in [0.15, 0.2) is 65.5 Å². The van der Waals surface area contributed by atoms with Crippen LogP contribution in [0.5, 0.6) is 0 Å². The van der Waals surface area contributed by atoms with E-state index in [0.29, 0.717) is 0 Å². The third-order valence-corrected chi connectivity index (χ3v) is 6.16. The Labute approximate surface area is 151 Å². The van der Waals surface area contributed by atoms with Crippen LogP contribution in [-0.4, -0.2) is 0 Å². The lowest BCUT2D eigenvalue weighted by Gasteiger charge is -2.14. The van der Waals surface area contributed by atoms with Crippen molar-refractivity contribution >= 4 is 31.5 Å². The Hall–Kier alpha value is -2.45. The zero-order valence-electron chi connectivity index (χ0n) is 14.5. The zero-order chi connectivity index (χ0) is 17.4. The molecule has 0 amide bonds. The maximum atomic E-state index is 13.2. The number of hydrogen-bond acceptors (Lipinski definition) is 2. The Bertz CT molecular complexity index is 1120. The summed E-state index contributed by atoms with van der Waals surface area (Å²) in [6.07, 6.45) is 1.80. The Kier molecular flexibility index (Phi) is 4.14. The van der Waals surface area contributed by atoms with Crippen LogP contribution in [0.2, 0.25) is 0 Å². The molecule has 25 heavy (non-hydrogen) atoms. The van der Waals surface area contributed by atoms with Gasteiger partial charge in [-0.25, -0.2) is 0 Å². The van der Waals surface area contributed by atoms with E-state index in [1.54, 1.807) is 11.3 Å². The fourth-order valence-corrected chi connectivity index (χ4v) is 4.83. The molecule has 0 aliphatic carbocycles. The maximum absolute atomic E-state index is 13.2. The summed E-state index contributed by atoms with van der Waals surface area (Å²) in [6, 6.07) is 20.7. The van der Waals surface area contributed by atoms with Crippen molar-refractivity contribution in [3.8, 4) is 0 Å². The number of fused-ring (bicyclic) bond motifs is 2. The minimum Gasteiger partial charge on any atom is -0.288 e. The third kappa shape index (κ3) is 2.77. The van der Waals surface area contributed by atoms with Gasteiger partial charge in [0.15, 0.2) is 5.43 Å². The van der Waals surface area contributed by atoms with E-state index < -0.39 is 0 Å². The van der Waals surface area contributed by atoms with Crippen LogP contribution in [0.4, 0.5) is 0 Å². The zero-order valence-corrected chi connectivity index (χ0v) is 15.3. The lowest BCUT2D eigenvalue weighted by Crippen LogP contribution is -2.07. The monoisotopic (exact) mass is 344 g/mol. The molecule has 0 unspecified atom stereocenters. The van der Waals surface area contributed by atoms with Crippen molar-refractivity contribution in [1.29, 1.82) is 0 Å². The Morgan fingerprint density at radius 2 is 1.64 bits per heavy atom. The van der Waals surface area contributed by atoms with E-state index in [4.69, 9.17) is 0 Å². The lowest BCUT2D eigenvalue weighted by molar-refractivity contribution is 1.11. The molecule has 0 atom stereocenters. The first kappa shape index (κ1) is 16.0. The van der Waals surface area contributed by atoms with Crippen LogP contribution in [0.25, 0.3) is 20.2 Å². The molecule has 0 aliphatic rings. The second-order valence-electron chi connectivity index (χ2n) is 6.47. The molecule has 0 spiro atoms. The molecule has 0 saturated heterocycles. The van der Waals surface area contributed by atoms with Gasteiger partial charge in [-0.3, -0.25) is 4.79 Å². The second kappa shape index (κ2) is 6.45. The van der Waals surface area contributed by atoms with Gasteiger partial charge in [-0.15, -0.1) is 11.3 Å². The fraction of sp³-hybridized carbons (Fsp3) is 0.174. The average Bonchev–Trinajstić information content (AvgIpc) is 2.65. The summed E-state index contributed by atoms with van der Waals surface area (Å²) < 4.78 is 2.23. The summed E-state index contributed by atoms with van der Waals surface area (Å²) in [5.74, 6) is 0. The minimum absolute atomic E-state index is 0.173. The molecule has 0 aliphatic heterocycles. The average molecular weight is 344 g/mol. The van der Waals surface area contributed by atoms with Crippen molar-refractivity contribution in [2.75, 3.05) is 0 Å². The van der Waals surface area contributed by atoms with Crippen LogP contribution in [-0.2, 0) is 12.8 Å². The molecule has 0 bridgehead atoms. The molecule has 1 heterocycles. The summed E-state index contributed by atoms with van der Waals surface area (Å²) >= 11 is 1.75. The van der Waals surface area contributed by atoms with Crippen molar-refractivity contribution in [2.45, 2.75) is 26.7 Å². The number of benzene rings is 3. The molecule has 0 N–H and O–H groups in total. The van der Waals surface area contributed by atoms with Gasteiger partial charge in [0, 0.05) is 20.2 Å². The van der Waals surface area contributed by atoms with Gasteiger partial charge < -0.3 is 0 Å². The van der Waals surface area contributed by atoms with Crippen molar-refractivity contribution in [2.24, 2.45) is 0 Å². The van der Waals surface area contributed by atoms with Crippen LogP contribution < -0.4 is 5.43 Å². The number of hydrogen-bond donors (Lipinski definition) is 0. The standard InChI is InChI=1S/C23H20OS/c1-3-17-14-18(13-16-9-5-4-6-10-16)15(2)21-22(24)19-11-7-8-12-20(19)25-23(17)21/h4-12,14H,3,13H2,1-2H3. The van der Waals surface area contributed by atoms with Crippen LogP contribution in [0, 0.1) is 6.92 Å². The number of rotatable bonds is 3. The molecule has 3 aromatic carbocycles. The van der Waals surface area contributed by atoms with Crippen LogP contribution in [0.1, 0.15) is 29.2 Å². The SMILES string of the molecule is CCc1cc(Cc2ccccc2)c(C)c2c(=O)c3ccccc3sc12. The van der Waals surface area contributed by atoms with Gasteiger partial charge in [0.2, 0.25) is 0 Å². The third-order valence-electron chi connectivity index (χ3n) is 4.91. The normalized spacial score (nSPS) is 11.3. The first-order chi connectivity index (χ1) is 12.2. The minimum atomic E-state index is 0.173. The topological polar surface area (TPSA) is 17.1 Å². The highest BCUT2D eigenvalue weighted by atomic mass is 32.1. The highest BCUT2D eigenvalue weighted by Crippen LogP contribution is 2.32. The Balaban J connectivity index is 2.03. The Morgan fingerprint density at radius 1 is 0.920 bits per heavy atom.